The number of nitrogens with one attached hydrogen (secondary N) is 2. The number of nitrogens with two attached hydrogens (primary N) is 1. The van der Waals surface area contributed by atoms with E-state index in [1.54, 1.807) is 0 Å². The van der Waals surface area contributed by atoms with Crippen LogP contribution in [0.1, 0.15) is 30.1 Å². The highest BCUT2D eigenvalue weighted by atomic mass is 35.5. The zero-order chi connectivity index (χ0) is 19.0. The second kappa shape index (κ2) is 9.35. The molecule has 25 heavy (non-hydrogen) atoms. The Morgan fingerprint density at radius 1 is 1.28 bits per heavy atom. The first-order valence-corrected chi connectivity index (χ1v) is 9.14. The molecule has 1 aromatic carbocycles. The minimum atomic E-state index is -4.03. The Balaban J connectivity index is 2.62. The largest absolute Gasteiger partial charge is 0.452 e. The van der Waals surface area contributed by atoms with Gasteiger partial charge in [-0.15, -0.1) is 0 Å². The molecule has 0 heterocycles. The molecule has 0 saturated heterocycles. The number of rotatable bonds is 7. The van der Waals surface area contributed by atoms with Crippen molar-refractivity contribution >= 4 is 39.5 Å². The number of amides is 3. The van der Waals surface area contributed by atoms with Crippen LogP contribution < -0.4 is 15.8 Å². The molecule has 11 heteroatoms. The van der Waals surface area contributed by atoms with Crippen LogP contribution in [0.4, 0.5) is 4.79 Å². The number of esters is 1. The van der Waals surface area contributed by atoms with Gasteiger partial charge in [0, 0.05) is 6.54 Å². The van der Waals surface area contributed by atoms with E-state index in [2.05, 4.69) is 5.32 Å². The molecular weight excluding hydrogens is 374 g/mol. The summed E-state index contributed by atoms with van der Waals surface area (Å²) in [5.74, 6) is -1.88. The monoisotopic (exact) mass is 391 g/mol. The summed E-state index contributed by atoms with van der Waals surface area (Å²) in [6.45, 7) is 1.61. The quantitative estimate of drug-likeness (QED) is 0.462. The molecule has 0 saturated carbocycles. The SMILES string of the molecule is CCCCNC(=O)NC(=O)COC(=O)c1cc(S(N)(=O)=O)ccc1Cl. The van der Waals surface area contributed by atoms with Crippen molar-refractivity contribution in [1.82, 2.24) is 10.6 Å². The second-order valence-corrected chi connectivity index (χ2v) is 6.89. The fourth-order valence-corrected chi connectivity index (χ4v) is 2.37. The number of unbranched alkanes of at least 4 members (excludes halogenated alkanes) is 1. The van der Waals surface area contributed by atoms with E-state index in [1.165, 1.54) is 6.07 Å². The van der Waals surface area contributed by atoms with Crippen molar-refractivity contribution in [1.29, 1.82) is 0 Å². The first-order valence-electron chi connectivity index (χ1n) is 7.22. The zero-order valence-corrected chi connectivity index (χ0v) is 14.9. The lowest BCUT2D eigenvalue weighted by molar-refractivity contribution is -0.123. The van der Waals surface area contributed by atoms with Gasteiger partial charge in [-0.3, -0.25) is 10.1 Å². The molecule has 0 aliphatic rings. The summed E-state index contributed by atoms with van der Waals surface area (Å²) < 4.78 is 27.3. The van der Waals surface area contributed by atoms with E-state index < -0.39 is 34.5 Å². The molecule has 138 valence electrons. The van der Waals surface area contributed by atoms with Gasteiger partial charge in [0.25, 0.3) is 5.91 Å². The van der Waals surface area contributed by atoms with Gasteiger partial charge in [0.05, 0.1) is 15.5 Å². The highest BCUT2D eigenvalue weighted by molar-refractivity contribution is 7.89. The van der Waals surface area contributed by atoms with Gasteiger partial charge in [-0.25, -0.2) is 23.1 Å². The Kier molecular flexibility index (Phi) is 7.81. The summed E-state index contributed by atoms with van der Waals surface area (Å²) in [4.78, 5) is 34.5. The summed E-state index contributed by atoms with van der Waals surface area (Å²) in [5.41, 5.74) is -0.270. The predicted molar refractivity (Wildman–Crippen MR) is 89.6 cm³/mol. The van der Waals surface area contributed by atoms with Gasteiger partial charge in [0.1, 0.15) is 0 Å². The van der Waals surface area contributed by atoms with E-state index in [1.807, 2.05) is 12.2 Å². The van der Waals surface area contributed by atoms with Crippen molar-refractivity contribution < 1.29 is 27.5 Å². The molecule has 0 aliphatic carbocycles. The minimum absolute atomic E-state index is 0.0740. The van der Waals surface area contributed by atoms with Gasteiger partial charge in [0.2, 0.25) is 10.0 Å². The van der Waals surface area contributed by atoms with Gasteiger partial charge < -0.3 is 10.1 Å². The van der Waals surface area contributed by atoms with Gasteiger partial charge >= 0.3 is 12.0 Å². The van der Waals surface area contributed by atoms with E-state index in [0.29, 0.717) is 6.54 Å². The van der Waals surface area contributed by atoms with Crippen LogP contribution >= 0.6 is 11.6 Å². The zero-order valence-electron chi connectivity index (χ0n) is 13.4. The Morgan fingerprint density at radius 2 is 1.96 bits per heavy atom. The van der Waals surface area contributed by atoms with E-state index in [-0.39, 0.29) is 15.5 Å². The van der Waals surface area contributed by atoms with Crippen molar-refractivity contribution in [2.75, 3.05) is 13.2 Å². The number of primary sulfonamides is 1. The number of hydrogen-bond donors (Lipinski definition) is 3. The first-order chi connectivity index (χ1) is 11.6. The van der Waals surface area contributed by atoms with Crippen molar-refractivity contribution in [2.24, 2.45) is 5.14 Å². The maximum Gasteiger partial charge on any atom is 0.340 e. The number of benzene rings is 1. The second-order valence-electron chi connectivity index (χ2n) is 4.92. The normalized spacial score (nSPS) is 10.8. The topological polar surface area (TPSA) is 145 Å². The maximum absolute atomic E-state index is 11.9. The van der Waals surface area contributed by atoms with Crippen LogP contribution in [0.2, 0.25) is 5.02 Å². The smallest absolute Gasteiger partial charge is 0.340 e. The number of sulfonamides is 1. The van der Waals surface area contributed by atoms with Crippen LogP contribution in [0.3, 0.4) is 0 Å². The highest BCUT2D eigenvalue weighted by Gasteiger charge is 2.18. The van der Waals surface area contributed by atoms with Gasteiger partial charge in [-0.2, -0.15) is 0 Å². The van der Waals surface area contributed by atoms with Crippen LogP contribution in [-0.2, 0) is 19.6 Å². The summed E-state index contributed by atoms with van der Waals surface area (Å²) in [5, 5.41) is 9.33. The molecule has 0 radical (unpaired) electrons. The Morgan fingerprint density at radius 3 is 2.56 bits per heavy atom. The number of urea groups is 1. The summed E-state index contributed by atoms with van der Waals surface area (Å²) in [6.07, 6.45) is 1.64. The van der Waals surface area contributed by atoms with Crippen molar-refractivity contribution in [2.45, 2.75) is 24.7 Å². The average molecular weight is 392 g/mol. The van der Waals surface area contributed by atoms with Crippen LogP contribution in [0.25, 0.3) is 0 Å². The highest BCUT2D eigenvalue weighted by Crippen LogP contribution is 2.20. The minimum Gasteiger partial charge on any atom is -0.452 e. The number of carbonyl (C=O) groups is 3. The summed E-state index contributed by atoms with van der Waals surface area (Å²) in [7, 11) is -4.03. The molecule has 9 nitrogen and oxygen atoms in total. The predicted octanol–water partition coefficient (Wildman–Crippen LogP) is 0.770. The molecule has 1 rings (SSSR count). The molecule has 0 aliphatic heterocycles. The number of carbonyl (C=O) groups excluding carboxylic acids is 3. The molecule has 0 fully saturated rings. The molecule has 0 atom stereocenters. The molecule has 0 aromatic heterocycles. The van der Waals surface area contributed by atoms with Crippen molar-refractivity contribution in [3.8, 4) is 0 Å². The molecule has 4 N–H and O–H groups in total. The molecule has 0 unspecified atom stereocenters. The van der Waals surface area contributed by atoms with E-state index in [0.717, 1.165) is 25.0 Å². The van der Waals surface area contributed by atoms with E-state index in [4.69, 9.17) is 21.5 Å². The number of hydrogen-bond acceptors (Lipinski definition) is 6. The van der Waals surface area contributed by atoms with Crippen molar-refractivity contribution in [3.05, 3.63) is 28.8 Å². The van der Waals surface area contributed by atoms with Crippen LogP contribution in [0, 0.1) is 0 Å². The van der Waals surface area contributed by atoms with Gasteiger partial charge in [-0.1, -0.05) is 24.9 Å². The van der Waals surface area contributed by atoms with Crippen molar-refractivity contribution in [3.63, 3.8) is 0 Å². The third kappa shape index (κ3) is 7.08. The lowest BCUT2D eigenvalue weighted by atomic mass is 10.2. The molecule has 1 aromatic rings. The Bertz CT molecular complexity index is 766. The molecule has 0 spiro atoms. The standard InChI is InChI=1S/C14H18ClN3O6S/c1-2-3-6-17-14(21)18-12(19)8-24-13(20)10-7-9(25(16,22)23)4-5-11(10)15/h4-5,7H,2-3,6,8H2,1H3,(H2,16,22,23)(H2,17,18,19,21). The maximum atomic E-state index is 11.9. The fraction of sp³-hybridized carbons (Fsp3) is 0.357. The molecule has 0 bridgehead atoms. The number of halogens is 1. The Labute approximate surface area is 149 Å². The average Bonchev–Trinajstić information content (AvgIpc) is 2.52. The first kappa shape index (κ1) is 20.9. The molecular formula is C14H18ClN3O6S. The lowest BCUT2D eigenvalue weighted by Gasteiger charge is -2.08. The van der Waals surface area contributed by atoms with Gasteiger partial charge in [-0.05, 0) is 24.6 Å². The number of imide groups is 1. The third-order valence-electron chi connectivity index (χ3n) is 2.89. The summed E-state index contributed by atoms with van der Waals surface area (Å²) >= 11 is 5.81. The number of ether oxygens (including phenoxy) is 1. The van der Waals surface area contributed by atoms with E-state index >= 15 is 0 Å². The lowest BCUT2D eigenvalue weighted by Crippen LogP contribution is -2.41. The molecule has 3 amide bonds. The summed E-state index contributed by atoms with van der Waals surface area (Å²) in [6, 6.07) is 2.53. The van der Waals surface area contributed by atoms with Crippen LogP contribution in [0.5, 0.6) is 0 Å². The van der Waals surface area contributed by atoms with E-state index in [9.17, 15) is 22.8 Å². The van der Waals surface area contributed by atoms with Crippen LogP contribution in [-0.4, -0.2) is 39.5 Å². The van der Waals surface area contributed by atoms with Crippen LogP contribution in [0.15, 0.2) is 23.1 Å². The van der Waals surface area contributed by atoms with Gasteiger partial charge in [0.15, 0.2) is 6.61 Å². The third-order valence-corrected chi connectivity index (χ3v) is 4.13. The Hall–Kier alpha value is -2.17. The fourth-order valence-electron chi connectivity index (χ4n) is 1.63.